The van der Waals surface area contributed by atoms with Crippen molar-refractivity contribution in [1.29, 1.82) is 0 Å². The molecule has 0 aliphatic carbocycles. The highest BCUT2D eigenvalue weighted by Gasteiger charge is 2.03. The van der Waals surface area contributed by atoms with Crippen LogP contribution in [0.1, 0.15) is 33.3 Å². The van der Waals surface area contributed by atoms with E-state index in [4.69, 9.17) is 9.47 Å². The minimum Gasteiger partial charge on any atom is -0.496 e. The quantitative estimate of drug-likeness (QED) is 0.725. The van der Waals surface area contributed by atoms with Gasteiger partial charge in [-0.05, 0) is 24.6 Å². The third-order valence-electron chi connectivity index (χ3n) is 2.50. The van der Waals surface area contributed by atoms with E-state index < -0.39 is 6.10 Å². The van der Waals surface area contributed by atoms with E-state index in [-0.39, 0.29) is 0 Å². The lowest BCUT2D eigenvalue weighted by molar-refractivity contribution is 0.0648. The van der Waals surface area contributed by atoms with Crippen molar-refractivity contribution >= 4 is 0 Å². The first kappa shape index (κ1) is 22.2. The molecule has 0 aromatic heterocycles. The van der Waals surface area contributed by atoms with Gasteiger partial charge in [0.1, 0.15) is 5.75 Å². The van der Waals surface area contributed by atoms with E-state index in [2.05, 4.69) is 5.32 Å². The summed E-state index contributed by atoms with van der Waals surface area (Å²) in [5, 5.41) is 12.6. The maximum atomic E-state index is 9.43. The van der Waals surface area contributed by atoms with Crippen LogP contribution in [0.15, 0.2) is 24.3 Å². The van der Waals surface area contributed by atoms with Crippen LogP contribution in [-0.4, -0.2) is 45.1 Å². The summed E-state index contributed by atoms with van der Waals surface area (Å²) in [7, 11) is 3.26. The fraction of sp³-hybridized carbons (Fsp3) is 0.647. The standard InChI is InChI=1S/C13H21NO3.2C2H6/c1-16-10-12(15)9-14-8-7-11-5-3-4-6-13(11)17-2;2*1-2/h3-6,12,14-15H,7-10H2,1-2H3;2*1-2H3. The number of hydrogen-bond donors (Lipinski definition) is 2. The maximum absolute atomic E-state index is 9.43. The van der Waals surface area contributed by atoms with Crippen molar-refractivity contribution in [1.82, 2.24) is 5.32 Å². The molecule has 0 amide bonds. The highest BCUT2D eigenvalue weighted by molar-refractivity contribution is 5.33. The lowest BCUT2D eigenvalue weighted by atomic mass is 10.1. The number of nitrogens with one attached hydrogen (secondary N) is 1. The van der Waals surface area contributed by atoms with Crippen molar-refractivity contribution in [2.45, 2.75) is 40.2 Å². The van der Waals surface area contributed by atoms with Gasteiger partial charge in [0.2, 0.25) is 0 Å². The Hall–Kier alpha value is -1.10. The van der Waals surface area contributed by atoms with Crippen LogP contribution in [-0.2, 0) is 11.2 Å². The number of hydrogen-bond acceptors (Lipinski definition) is 4. The molecule has 21 heavy (non-hydrogen) atoms. The Morgan fingerprint density at radius 2 is 1.71 bits per heavy atom. The van der Waals surface area contributed by atoms with E-state index in [1.54, 1.807) is 14.2 Å². The smallest absolute Gasteiger partial charge is 0.122 e. The van der Waals surface area contributed by atoms with Crippen LogP contribution in [0, 0.1) is 0 Å². The molecule has 1 rings (SSSR count). The molecule has 4 nitrogen and oxygen atoms in total. The van der Waals surface area contributed by atoms with E-state index in [1.807, 2.05) is 52.0 Å². The van der Waals surface area contributed by atoms with Gasteiger partial charge in [0, 0.05) is 13.7 Å². The number of para-hydroxylation sites is 1. The van der Waals surface area contributed by atoms with Crippen LogP contribution in [0.4, 0.5) is 0 Å². The molecule has 4 heteroatoms. The van der Waals surface area contributed by atoms with Gasteiger partial charge in [-0.2, -0.15) is 0 Å². The highest BCUT2D eigenvalue weighted by atomic mass is 16.5. The topological polar surface area (TPSA) is 50.7 Å². The van der Waals surface area contributed by atoms with E-state index in [0.29, 0.717) is 13.2 Å². The summed E-state index contributed by atoms with van der Waals surface area (Å²) in [4.78, 5) is 0. The molecule has 0 fully saturated rings. The second-order valence-electron chi connectivity index (χ2n) is 3.88. The molecule has 0 saturated carbocycles. The van der Waals surface area contributed by atoms with Crippen molar-refractivity contribution in [3.63, 3.8) is 0 Å². The average molecular weight is 299 g/mol. The van der Waals surface area contributed by atoms with Crippen molar-refractivity contribution in [2.75, 3.05) is 33.9 Å². The second-order valence-corrected chi connectivity index (χ2v) is 3.88. The molecule has 0 bridgehead atoms. The number of methoxy groups -OCH3 is 2. The summed E-state index contributed by atoms with van der Waals surface area (Å²) < 4.78 is 10.1. The van der Waals surface area contributed by atoms with Crippen molar-refractivity contribution in [3.05, 3.63) is 29.8 Å². The largest absolute Gasteiger partial charge is 0.496 e. The van der Waals surface area contributed by atoms with Gasteiger partial charge in [-0.15, -0.1) is 0 Å². The van der Waals surface area contributed by atoms with E-state index in [1.165, 1.54) is 5.56 Å². The van der Waals surface area contributed by atoms with Crippen LogP contribution >= 0.6 is 0 Å². The summed E-state index contributed by atoms with van der Waals surface area (Å²) in [5.41, 5.74) is 1.17. The van der Waals surface area contributed by atoms with Crippen molar-refractivity contribution in [3.8, 4) is 5.75 Å². The number of ether oxygens (including phenoxy) is 2. The molecule has 1 atom stereocenters. The minimum atomic E-state index is -0.447. The Labute approximate surface area is 130 Å². The predicted molar refractivity (Wildman–Crippen MR) is 90.1 cm³/mol. The maximum Gasteiger partial charge on any atom is 0.122 e. The molecule has 1 unspecified atom stereocenters. The first-order chi connectivity index (χ1) is 10.3. The van der Waals surface area contributed by atoms with E-state index in [9.17, 15) is 5.11 Å². The van der Waals surface area contributed by atoms with Gasteiger partial charge in [-0.1, -0.05) is 45.9 Å². The first-order valence-electron chi connectivity index (χ1n) is 7.77. The van der Waals surface area contributed by atoms with Gasteiger partial charge in [0.05, 0.1) is 19.8 Å². The zero-order chi connectivity index (χ0) is 16.5. The summed E-state index contributed by atoms with van der Waals surface area (Å²) >= 11 is 0. The Kier molecular flexibility index (Phi) is 17.9. The normalized spacial score (nSPS) is 10.6. The second kappa shape index (κ2) is 17.0. The lowest BCUT2D eigenvalue weighted by Crippen LogP contribution is -2.31. The molecular formula is C17H33NO3. The first-order valence-corrected chi connectivity index (χ1v) is 7.77. The fourth-order valence-corrected chi connectivity index (χ4v) is 1.65. The summed E-state index contributed by atoms with van der Waals surface area (Å²) in [6.45, 7) is 9.71. The summed E-state index contributed by atoms with van der Waals surface area (Å²) in [6, 6.07) is 7.96. The van der Waals surface area contributed by atoms with E-state index in [0.717, 1.165) is 18.7 Å². The van der Waals surface area contributed by atoms with Crippen molar-refractivity contribution < 1.29 is 14.6 Å². The molecule has 124 valence electrons. The molecule has 0 aliphatic heterocycles. The molecule has 1 aromatic rings. The molecule has 1 aromatic carbocycles. The number of benzene rings is 1. The predicted octanol–water partition coefficient (Wildman–Crippen LogP) is 2.89. The van der Waals surface area contributed by atoms with Crippen LogP contribution in [0.2, 0.25) is 0 Å². The van der Waals surface area contributed by atoms with Crippen LogP contribution < -0.4 is 10.1 Å². The molecule has 0 heterocycles. The molecule has 0 spiro atoms. The molecule has 0 aliphatic rings. The summed E-state index contributed by atoms with van der Waals surface area (Å²) in [6.07, 6.45) is 0.432. The van der Waals surface area contributed by atoms with Gasteiger partial charge >= 0.3 is 0 Å². The molecule has 0 saturated heterocycles. The van der Waals surface area contributed by atoms with E-state index >= 15 is 0 Å². The minimum absolute atomic E-state index is 0.363. The van der Waals surface area contributed by atoms with Crippen LogP contribution in [0.3, 0.4) is 0 Å². The zero-order valence-corrected chi connectivity index (χ0v) is 14.5. The van der Waals surface area contributed by atoms with Gasteiger partial charge in [-0.25, -0.2) is 0 Å². The molecular weight excluding hydrogens is 266 g/mol. The Bertz CT molecular complexity index is 319. The molecule has 0 radical (unpaired) electrons. The number of rotatable bonds is 8. The van der Waals surface area contributed by atoms with Crippen LogP contribution in [0.5, 0.6) is 5.75 Å². The lowest BCUT2D eigenvalue weighted by Gasteiger charge is -2.11. The number of aliphatic hydroxyl groups is 1. The molecule has 2 N–H and O–H groups in total. The SMILES string of the molecule is CC.CC.COCC(O)CNCCc1ccccc1OC. The highest BCUT2D eigenvalue weighted by Crippen LogP contribution is 2.17. The number of aliphatic hydroxyl groups excluding tert-OH is 1. The third-order valence-corrected chi connectivity index (χ3v) is 2.50. The fourth-order valence-electron chi connectivity index (χ4n) is 1.65. The van der Waals surface area contributed by atoms with Gasteiger partial charge in [-0.3, -0.25) is 0 Å². The van der Waals surface area contributed by atoms with Crippen molar-refractivity contribution in [2.24, 2.45) is 0 Å². The monoisotopic (exact) mass is 299 g/mol. The third kappa shape index (κ3) is 11.3. The van der Waals surface area contributed by atoms with Crippen LogP contribution in [0.25, 0.3) is 0 Å². The average Bonchev–Trinajstić information content (AvgIpc) is 2.56. The Morgan fingerprint density at radius 3 is 2.29 bits per heavy atom. The zero-order valence-electron chi connectivity index (χ0n) is 14.5. The Balaban J connectivity index is 0. The van der Waals surface area contributed by atoms with Gasteiger partial charge < -0.3 is 19.9 Å². The van der Waals surface area contributed by atoms with Gasteiger partial charge in [0.15, 0.2) is 0 Å². The Morgan fingerprint density at radius 1 is 1.10 bits per heavy atom. The van der Waals surface area contributed by atoms with Gasteiger partial charge in [0.25, 0.3) is 0 Å². The summed E-state index contributed by atoms with van der Waals surface area (Å²) in [5.74, 6) is 0.909.